The van der Waals surface area contributed by atoms with Gasteiger partial charge in [0, 0.05) is 36.3 Å². The number of hydrogen-bond acceptors (Lipinski definition) is 9. The maximum atomic E-state index is 13.5. The van der Waals surface area contributed by atoms with Crippen LogP contribution in [0.2, 0.25) is 0 Å². The molecule has 15 heteroatoms. The summed E-state index contributed by atoms with van der Waals surface area (Å²) in [5, 5.41) is 7.85. The lowest BCUT2D eigenvalue weighted by atomic mass is 10.00. The maximum absolute atomic E-state index is 13.5. The van der Waals surface area contributed by atoms with E-state index in [9.17, 15) is 19.2 Å². The minimum absolute atomic E-state index is 0.117. The highest BCUT2D eigenvalue weighted by Gasteiger charge is 2.37. The molecule has 4 aromatic rings. The Bertz CT molecular complexity index is 2100. The molecule has 57 heavy (non-hydrogen) atoms. The highest BCUT2D eigenvalue weighted by atomic mass is 16.5. The maximum Gasteiger partial charge on any atom is 0.407 e. The first kappa shape index (κ1) is 42.2. The normalized spacial score (nSPS) is 14.9. The molecular formula is C42H55N9O6. The van der Waals surface area contributed by atoms with Gasteiger partial charge in [0.05, 0.1) is 38.0 Å². The fourth-order valence-electron chi connectivity index (χ4n) is 6.95. The van der Waals surface area contributed by atoms with E-state index in [1.807, 2.05) is 32.0 Å². The van der Waals surface area contributed by atoms with Gasteiger partial charge in [-0.2, -0.15) is 0 Å². The number of nitrogens with zero attached hydrogens (tertiary/aromatic N) is 4. The number of hydrogen-bond donors (Lipinski definition) is 5. The number of carbonyl (C=O) groups excluding carboxylic acids is 4. The van der Waals surface area contributed by atoms with Gasteiger partial charge in [-0.15, -0.1) is 0 Å². The van der Waals surface area contributed by atoms with Crippen molar-refractivity contribution in [2.45, 2.75) is 97.6 Å². The first-order valence-corrected chi connectivity index (χ1v) is 19.9. The number of fused-ring (bicyclic) bond motifs is 4. The summed E-state index contributed by atoms with van der Waals surface area (Å²) in [7, 11) is 2.54. The van der Waals surface area contributed by atoms with Crippen LogP contribution in [-0.4, -0.2) is 93.7 Å². The van der Waals surface area contributed by atoms with Crippen molar-refractivity contribution in [2.75, 3.05) is 33.9 Å². The average molecular weight is 782 g/mol. The van der Waals surface area contributed by atoms with Gasteiger partial charge in [-0.1, -0.05) is 46.1 Å². The number of H-pyrrole nitrogens is 2. The number of imidazole rings is 2. The summed E-state index contributed by atoms with van der Waals surface area (Å²) >= 11 is 0. The zero-order valence-electron chi connectivity index (χ0n) is 33.8. The quantitative estimate of drug-likeness (QED) is 0.0966. The number of pyridine rings is 1. The molecule has 4 heterocycles. The molecule has 1 aliphatic carbocycles. The van der Waals surface area contributed by atoms with Crippen molar-refractivity contribution in [3.63, 3.8) is 0 Å². The van der Waals surface area contributed by atoms with Gasteiger partial charge in [0.1, 0.15) is 23.4 Å². The molecule has 1 fully saturated rings. The van der Waals surface area contributed by atoms with Crippen LogP contribution in [0.15, 0.2) is 30.3 Å². The second-order valence-corrected chi connectivity index (χ2v) is 14.6. The number of aromatic nitrogens is 5. The average Bonchev–Trinajstić information content (AvgIpc) is 3.94. The zero-order chi connectivity index (χ0) is 40.9. The number of aryl methyl sites for hydroxylation is 3. The largest absolute Gasteiger partial charge is 0.453 e. The standard InChI is InChI=1S/C39H47N9O6.C3H8/c1-23(2)33(46-39(52)54-4)37(50)48-20-8-11-30(48)36-44-29-18-16-26(42-35(29)47-36)15-13-24-14-17-27-25(21-24)9-7-10-28-34(27)45-31(43-28)12-5-6-19-40-32(49)22-41-38(51)53-3;1-3-2/h14,16-18,21,23,30,33H,5-12,19-20,22H2,1-4H3,(H,40,49)(H,41,51)(H,43,45)(H,46,52)(H,42,44,47);3H2,1-2H3. The molecule has 2 atom stereocenters. The van der Waals surface area contributed by atoms with Crippen molar-refractivity contribution >= 4 is 35.2 Å². The van der Waals surface area contributed by atoms with Crippen LogP contribution in [0.25, 0.3) is 22.4 Å². The van der Waals surface area contributed by atoms with Gasteiger partial charge in [0.25, 0.3) is 0 Å². The lowest BCUT2D eigenvalue weighted by molar-refractivity contribution is -0.135. The molecule has 2 aliphatic rings. The SMILES string of the molecule is CCC.COC(=O)NCC(=O)NCCCCc1nc2c([nH]1)CCCc1cc(C#Cc3ccc4[nH]c(C5CCCN5C(=O)C(NC(=O)OC)C(C)C)nc4n3)ccc1-2. The minimum atomic E-state index is -0.705. The smallest absolute Gasteiger partial charge is 0.407 e. The van der Waals surface area contributed by atoms with Crippen LogP contribution in [0.1, 0.15) is 106 Å². The molecular weight excluding hydrogens is 727 g/mol. The number of carbonyl (C=O) groups is 4. The molecule has 1 aliphatic heterocycles. The van der Waals surface area contributed by atoms with E-state index in [-0.39, 0.29) is 30.3 Å². The van der Waals surface area contributed by atoms with E-state index < -0.39 is 18.2 Å². The number of alkyl carbamates (subject to hydrolysis) is 2. The van der Waals surface area contributed by atoms with E-state index in [0.29, 0.717) is 30.3 Å². The Morgan fingerprint density at radius 2 is 1.72 bits per heavy atom. The van der Waals surface area contributed by atoms with Gasteiger partial charge in [-0.05, 0) is 86.6 Å². The molecule has 5 N–H and O–H groups in total. The molecule has 0 saturated carbocycles. The lowest BCUT2D eigenvalue weighted by Gasteiger charge is -2.29. The molecule has 15 nitrogen and oxygen atoms in total. The summed E-state index contributed by atoms with van der Waals surface area (Å²) in [6.07, 6.45) is 6.79. The fraction of sp³-hybridized carbons (Fsp3) is 0.500. The van der Waals surface area contributed by atoms with Crippen molar-refractivity contribution in [3.8, 4) is 23.1 Å². The van der Waals surface area contributed by atoms with E-state index in [0.717, 1.165) is 85.2 Å². The van der Waals surface area contributed by atoms with Crippen molar-refractivity contribution in [1.29, 1.82) is 0 Å². The van der Waals surface area contributed by atoms with Crippen LogP contribution in [0.4, 0.5) is 9.59 Å². The summed E-state index contributed by atoms with van der Waals surface area (Å²) < 4.78 is 9.22. The van der Waals surface area contributed by atoms with Gasteiger partial charge < -0.3 is 40.3 Å². The molecule has 1 saturated heterocycles. The Morgan fingerprint density at radius 1 is 0.930 bits per heavy atom. The summed E-state index contributed by atoms with van der Waals surface area (Å²) in [4.78, 5) is 71.6. The number of benzene rings is 1. The van der Waals surface area contributed by atoms with Crippen LogP contribution < -0.4 is 16.0 Å². The summed E-state index contributed by atoms with van der Waals surface area (Å²) in [5.74, 6) is 7.55. The number of unbranched alkanes of at least 4 members (excludes halogenated alkanes) is 1. The van der Waals surface area contributed by atoms with E-state index in [1.54, 1.807) is 4.90 Å². The second kappa shape index (κ2) is 20.3. The highest BCUT2D eigenvalue weighted by molar-refractivity contribution is 5.86. The molecule has 0 radical (unpaired) electrons. The number of nitrogens with one attached hydrogen (secondary N) is 5. The third kappa shape index (κ3) is 11.1. The van der Waals surface area contributed by atoms with Crippen LogP contribution >= 0.6 is 0 Å². The van der Waals surface area contributed by atoms with Crippen LogP contribution in [0, 0.1) is 17.8 Å². The Balaban J connectivity index is 0.00000200. The van der Waals surface area contributed by atoms with Crippen molar-refractivity contribution in [3.05, 3.63) is 64.5 Å². The number of ether oxygens (including phenoxy) is 2. The lowest BCUT2D eigenvalue weighted by Crippen LogP contribution is -2.51. The number of aromatic amines is 2. The van der Waals surface area contributed by atoms with Crippen LogP contribution in [-0.2, 0) is 38.3 Å². The van der Waals surface area contributed by atoms with Gasteiger partial charge in [-0.25, -0.2) is 24.5 Å². The molecule has 3 aromatic heterocycles. The number of amides is 4. The van der Waals surface area contributed by atoms with E-state index in [2.05, 4.69) is 68.5 Å². The van der Waals surface area contributed by atoms with Crippen molar-refractivity contribution < 1.29 is 28.7 Å². The number of rotatable bonds is 11. The zero-order valence-corrected chi connectivity index (χ0v) is 33.8. The Kier molecular flexibility index (Phi) is 15.1. The Labute approximate surface area is 333 Å². The van der Waals surface area contributed by atoms with Crippen LogP contribution in [0.5, 0.6) is 0 Å². The molecule has 0 spiro atoms. The molecule has 1 aromatic carbocycles. The van der Waals surface area contributed by atoms with E-state index >= 15 is 0 Å². The van der Waals surface area contributed by atoms with Gasteiger partial charge in [0.15, 0.2) is 5.65 Å². The van der Waals surface area contributed by atoms with E-state index in [4.69, 9.17) is 19.7 Å². The Morgan fingerprint density at radius 3 is 2.47 bits per heavy atom. The van der Waals surface area contributed by atoms with Gasteiger partial charge in [-0.3, -0.25) is 9.59 Å². The topological polar surface area (TPSA) is 196 Å². The summed E-state index contributed by atoms with van der Waals surface area (Å²) in [6, 6.07) is 9.07. The highest BCUT2D eigenvalue weighted by Crippen LogP contribution is 2.33. The molecule has 0 bridgehead atoms. The van der Waals surface area contributed by atoms with Gasteiger partial charge >= 0.3 is 12.2 Å². The van der Waals surface area contributed by atoms with E-state index in [1.165, 1.54) is 26.2 Å². The van der Waals surface area contributed by atoms with Crippen molar-refractivity contribution in [1.82, 2.24) is 45.8 Å². The third-order valence-electron chi connectivity index (χ3n) is 9.74. The first-order valence-electron chi connectivity index (χ1n) is 19.9. The summed E-state index contributed by atoms with van der Waals surface area (Å²) in [5.41, 5.74) is 7.23. The first-order chi connectivity index (χ1) is 27.5. The Hall–Kier alpha value is -5.91. The van der Waals surface area contributed by atoms with Crippen molar-refractivity contribution in [2.24, 2.45) is 5.92 Å². The third-order valence-corrected chi connectivity index (χ3v) is 9.74. The number of methoxy groups -OCH3 is 2. The molecule has 304 valence electrons. The second-order valence-electron chi connectivity index (χ2n) is 14.6. The molecule has 4 amide bonds. The number of likely N-dealkylation sites (tertiary alicyclic amines) is 1. The van der Waals surface area contributed by atoms with Crippen LogP contribution in [0.3, 0.4) is 0 Å². The predicted molar refractivity (Wildman–Crippen MR) is 216 cm³/mol. The molecule has 2 unspecified atom stereocenters. The van der Waals surface area contributed by atoms with Gasteiger partial charge in [0.2, 0.25) is 11.8 Å². The summed E-state index contributed by atoms with van der Waals surface area (Å²) in [6.45, 7) is 9.00. The monoisotopic (exact) mass is 781 g/mol. The fourth-order valence-corrected chi connectivity index (χ4v) is 6.95. The molecule has 6 rings (SSSR count). The predicted octanol–water partition coefficient (Wildman–Crippen LogP) is 5.49. The minimum Gasteiger partial charge on any atom is -0.453 e.